The van der Waals surface area contributed by atoms with Crippen LogP contribution in [0, 0.1) is 5.92 Å². The fourth-order valence-electron chi connectivity index (χ4n) is 2.31. The molecule has 1 fully saturated rings. The van der Waals surface area contributed by atoms with Gasteiger partial charge < -0.3 is 15.5 Å². The number of nitrogens with one attached hydrogen (secondary N) is 1. The summed E-state index contributed by atoms with van der Waals surface area (Å²) in [5.74, 6) is 0.607. The van der Waals surface area contributed by atoms with Gasteiger partial charge in [-0.05, 0) is 56.0 Å². The minimum atomic E-state index is -0.225. The van der Waals surface area contributed by atoms with Crippen molar-refractivity contribution in [2.75, 3.05) is 13.1 Å². The Morgan fingerprint density at radius 2 is 2.06 bits per heavy atom. The second-order valence-corrected chi connectivity index (χ2v) is 4.53. The Bertz CT molecular complexity index is 340. The second-order valence-electron chi connectivity index (χ2n) is 4.53. The van der Waals surface area contributed by atoms with E-state index in [2.05, 4.69) is 5.32 Å². The molecule has 2 unspecified atom stereocenters. The second kappa shape index (κ2) is 5.32. The van der Waals surface area contributed by atoms with Crippen LogP contribution in [0.2, 0.25) is 0 Å². The number of phenols is 1. The van der Waals surface area contributed by atoms with E-state index in [9.17, 15) is 10.2 Å². The van der Waals surface area contributed by atoms with E-state index in [0.29, 0.717) is 11.7 Å². The first kappa shape index (κ1) is 11.4. The number of hydrogen-bond acceptors (Lipinski definition) is 3. The molecule has 3 N–H and O–H groups in total. The summed E-state index contributed by atoms with van der Waals surface area (Å²) < 4.78 is 0. The molecule has 1 aliphatic rings. The van der Waals surface area contributed by atoms with Gasteiger partial charge in [0.05, 0.1) is 6.10 Å². The quantitative estimate of drug-likeness (QED) is 0.705. The number of aliphatic hydroxyl groups is 1. The highest BCUT2D eigenvalue weighted by atomic mass is 16.3. The van der Waals surface area contributed by atoms with Crippen molar-refractivity contribution in [2.24, 2.45) is 5.92 Å². The first-order valence-corrected chi connectivity index (χ1v) is 5.92. The third-order valence-electron chi connectivity index (χ3n) is 3.26. The van der Waals surface area contributed by atoms with Gasteiger partial charge in [0.1, 0.15) is 5.75 Å². The van der Waals surface area contributed by atoms with Gasteiger partial charge in [0.2, 0.25) is 0 Å². The Morgan fingerprint density at radius 3 is 2.88 bits per heavy atom. The first-order valence-electron chi connectivity index (χ1n) is 5.92. The number of phenolic OH excluding ortho intramolecular Hbond substituents is 1. The van der Waals surface area contributed by atoms with Gasteiger partial charge in [0.15, 0.2) is 0 Å². The van der Waals surface area contributed by atoms with Crippen LogP contribution < -0.4 is 5.32 Å². The summed E-state index contributed by atoms with van der Waals surface area (Å²) in [7, 11) is 0. The first-order chi connectivity index (χ1) is 7.75. The Hall–Kier alpha value is -1.06. The molecular weight excluding hydrogens is 202 g/mol. The zero-order chi connectivity index (χ0) is 11.4. The maximum absolute atomic E-state index is 9.98. The van der Waals surface area contributed by atoms with Crippen LogP contribution in [-0.2, 0) is 6.42 Å². The predicted octanol–water partition coefficient (Wildman–Crippen LogP) is 1.30. The summed E-state index contributed by atoms with van der Waals surface area (Å²) >= 11 is 0. The standard InChI is InChI=1S/C13H19NO2/c15-12-3-1-2-10(9-12)8-11-4-6-14-7-5-13(11)16/h1-3,9,11,13-16H,4-8H2. The fraction of sp³-hybridized carbons (Fsp3) is 0.538. The van der Waals surface area contributed by atoms with E-state index in [1.54, 1.807) is 12.1 Å². The molecule has 0 radical (unpaired) electrons. The smallest absolute Gasteiger partial charge is 0.115 e. The molecule has 0 amide bonds. The molecule has 0 spiro atoms. The maximum Gasteiger partial charge on any atom is 0.115 e. The number of aromatic hydroxyl groups is 1. The molecule has 0 saturated carbocycles. The van der Waals surface area contributed by atoms with E-state index in [1.807, 2.05) is 12.1 Å². The van der Waals surface area contributed by atoms with Crippen LogP contribution in [0.4, 0.5) is 0 Å². The Morgan fingerprint density at radius 1 is 1.25 bits per heavy atom. The number of benzene rings is 1. The number of aliphatic hydroxyl groups excluding tert-OH is 1. The molecule has 0 bridgehead atoms. The van der Waals surface area contributed by atoms with E-state index < -0.39 is 0 Å². The van der Waals surface area contributed by atoms with Crippen LogP contribution in [-0.4, -0.2) is 29.4 Å². The molecule has 0 aliphatic carbocycles. The number of hydrogen-bond donors (Lipinski definition) is 3. The minimum absolute atomic E-state index is 0.225. The highest BCUT2D eigenvalue weighted by Gasteiger charge is 2.21. The Kier molecular flexibility index (Phi) is 3.80. The summed E-state index contributed by atoms with van der Waals surface area (Å²) in [4.78, 5) is 0. The van der Waals surface area contributed by atoms with E-state index in [0.717, 1.165) is 37.9 Å². The molecule has 1 heterocycles. The highest BCUT2D eigenvalue weighted by Crippen LogP contribution is 2.21. The molecule has 1 aromatic carbocycles. The van der Waals surface area contributed by atoms with Crippen LogP contribution in [0.5, 0.6) is 5.75 Å². The van der Waals surface area contributed by atoms with Gasteiger partial charge in [-0.1, -0.05) is 12.1 Å². The van der Waals surface area contributed by atoms with Crippen molar-refractivity contribution in [3.63, 3.8) is 0 Å². The van der Waals surface area contributed by atoms with Gasteiger partial charge in [-0.2, -0.15) is 0 Å². The van der Waals surface area contributed by atoms with E-state index in [1.165, 1.54) is 0 Å². The molecule has 1 aliphatic heterocycles. The van der Waals surface area contributed by atoms with Crippen molar-refractivity contribution in [3.8, 4) is 5.75 Å². The van der Waals surface area contributed by atoms with Gasteiger partial charge >= 0.3 is 0 Å². The van der Waals surface area contributed by atoms with E-state index in [4.69, 9.17) is 0 Å². The average Bonchev–Trinajstić information content (AvgIpc) is 2.45. The predicted molar refractivity (Wildman–Crippen MR) is 63.4 cm³/mol. The van der Waals surface area contributed by atoms with E-state index in [-0.39, 0.29) is 6.10 Å². The zero-order valence-electron chi connectivity index (χ0n) is 9.39. The SMILES string of the molecule is Oc1cccc(CC2CCNCCC2O)c1. The normalized spacial score (nSPS) is 26.3. The van der Waals surface area contributed by atoms with Crippen LogP contribution in [0.3, 0.4) is 0 Å². The monoisotopic (exact) mass is 221 g/mol. The Labute approximate surface area is 96.1 Å². The van der Waals surface area contributed by atoms with Gasteiger partial charge in [0, 0.05) is 0 Å². The molecule has 3 nitrogen and oxygen atoms in total. The third-order valence-corrected chi connectivity index (χ3v) is 3.26. The summed E-state index contributed by atoms with van der Waals surface area (Å²) in [5, 5.41) is 22.7. The molecule has 3 heteroatoms. The van der Waals surface area contributed by atoms with Crippen molar-refractivity contribution in [1.82, 2.24) is 5.32 Å². The summed E-state index contributed by atoms with van der Waals surface area (Å²) in [6.07, 6.45) is 2.44. The van der Waals surface area contributed by atoms with Crippen LogP contribution in [0.1, 0.15) is 18.4 Å². The number of rotatable bonds is 2. The lowest BCUT2D eigenvalue weighted by molar-refractivity contribution is 0.104. The summed E-state index contributed by atoms with van der Waals surface area (Å²) in [5.41, 5.74) is 1.10. The molecule has 2 rings (SSSR count). The lowest BCUT2D eigenvalue weighted by Gasteiger charge is -2.19. The van der Waals surface area contributed by atoms with Crippen molar-refractivity contribution in [3.05, 3.63) is 29.8 Å². The maximum atomic E-state index is 9.98. The summed E-state index contributed by atoms with van der Waals surface area (Å²) in [6.45, 7) is 1.87. The zero-order valence-corrected chi connectivity index (χ0v) is 9.39. The third kappa shape index (κ3) is 2.97. The molecule has 0 aromatic heterocycles. The van der Waals surface area contributed by atoms with Gasteiger partial charge in [-0.25, -0.2) is 0 Å². The largest absolute Gasteiger partial charge is 0.508 e. The molecule has 16 heavy (non-hydrogen) atoms. The molecule has 1 saturated heterocycles. The highest BCUT2D eigenvalue weighted by molar-refractivity contribution is 5.27. The summed E-state index contributed by atoms with van der Waals surface area (Å²) in [6, 6.07) is 7.32. The van der Waals surface area contributed by atoms with E-state index >= 15 is 0 Å². The van der Waals surface area contributed by atoms with Crippen molar-refractivity contribution in [2.45, 2.75) is 25.4 Å². The van der Waals surface area contributed by atoms with Gasteiger partial charge in [-0.3, -0.25) is 0 Å². The van der Waals surface area contributed by atoms with Crippen molar-refractivity contribution in [1.29, 1.82) is 0 Å². The van der Waals surface area contributed by atoms with Crippen LogP contribution in [0.15, 0.2) is 24.3 Å². The van der Waals surface area contributed by atoms with Crippen molar-refractivity contribution < 1.29 is 10.2 Å². The minimum Gasteiger partial charge on any atom is -0.508 e. The average molecular weight is 221 g/mol. The fourth-order valence-corrected chi connectivity index (χ4v) is 2.31. The topological polar surface area (TPSA) is 52.5 Å². The van der Waals surface area contributed by atoms with Crippen molar-refractivity contribution >= 4 is 0 Å². The van der Waals surface area contributed by atoms with Crippen LogP contribution >= 0.6 is 0 Å². The molecule has 88 valence electrons. The Balaban J connectivity index is 2.02. The van der Waals surface area contributed by atoms with Gasteiger partial charge in [-0.15, -0.1) is 0 Å². The molecular formula is C13H19NO2. The van der Waals surface area contributed by atoms with Crippen LogP contribution in [0.25, 0.3) is 0 Å². The lowest BCUT2D eigenvalue weighted by atomic mass is 9.90. The molecule has 2 atom stereocenters. The lowest BCUT2D eigenvalue weighted by Crippen LogP contribution is -2.22. The van der Waals surface area contributed by atoms with Gasteiger partial charge in [0.25, 0.3) is 0 Å². The molecule has 1 aromatic rings.